The highest BCUT2D eigenvalue weighted by Crippen LogP contribution is 2.46. The number of hydrogen-bond donors (Lipinski definition) is 1. The first-order valence-corrected chi connectivity index (χ1v) is 6.83. The third kappa shape index (κ3) is 1.91. The van der Waals surface area contributed by atoms with Gasteiger partial charge in [-0.25, -0.2) is 4.98 Å². The van der Waals surface area contributed by atoms with Gasteiger partial charge in [0.25, 0.3) is 0 Å². The number of aromatic nitrogens is 2. The van der Waals surface area contributed by atoms with E-state index in [0.29, 0.717) is 0 Å². The van der Waals surface area contributed by atoms with Crippen molar-refractivity contribution < 1.29 is 9.84 Å². The van der Waals surface area contributed by atoms with Crippen molar-refractivity contribution in [3.8, 4) is 5.75 Å². The number of imidazole rings is 1. The van der Waals surface area contributed by atoms with Gasteiger partial charge in [0.15, 0.2) is 0 Å². The maximum absolute atomic E-state index is 10.3. The van der Waals surface area contributed by atoms with Crippen molar-refractivity contribution >= 4 is 0 Å². The maximum atomic E-state index is 10.3. The van der Waals surface area contributed by atoms with Crippen molar-refractivity contribution in [2.75, 3.05) is 0 Å². The van der Waals surface area contributed by atoms with Crippen LogP contribution in [0.4, 0.5) is 0 Å². The lowest BCUT2D eigenvalue weighted by atomic mass is 9.93. The molecule has 1 aromatic heterocycles. The van der Waals surface area contributed by atoms with E-state index in [0.717, 1.165) is 17.0 Å². The molecule has 20 heavy (non-hydrogen) atoms. The number of rotatable bonds is 2. The van der Waals surface area contributed by atoms with Crippen LogP contribution in [-0.4, -0.2) is 20.3 Å². The van der Waals surface area contributed by atoms with E-state index >= 15 is 0 Å². The van der Waals surface area contributed by atoms with Gasteiger partial charge in [-0.3, -0.25) is 0 Å². The highest BCUT2D eigenvalue weighted by Gasteiger charge is 2.43. The first-order valence-electron chi connectivity index (χ1n) is 6.83. The second kappa shape index (κ2) is 4.09. The molecule has 0 bridgehead atoms. The predicted octanol–water partition coefficient (Wildman–Crippen LogP) is 2.87. The van der Waals surface area contributed by atoms with Gasteiger partial charge < -0.3 is 14.4 Å². The summed E-state index contributed by atoms with van der Waals surface area (Å²) in [6, 6.07) is 8.04. The van der Waals surface area contributed by atoms with Crippen LogP contribution in [0.2, 0.25) is 0 Å². The van der Waals surface area contributed by atoms with Gasteiger partial charge >= 0.3 is 0 Å². The Morgan fingerprint density at radius 1 is 1.30 bits per heavy atom. The highest BCUT2D eigenvalue weighted by molar-refractivity contribution is 5.43. The summed E-state index contributed by atoms with van der Waals surface area (Å²) >= 11 is 0. The average Bonchev–Trinajstić information content (AvgIpc) is 2.87. The molecule has 0 saturated carbocycles. The molecule has 0 spiro atoms. The van der Waals surface area contributed by atoms with E-state index in [9.17, 15) is 5.11 Å². The van der Waals surface area contributed by atoms with Gasteiger partial charge in [-0.1, -0.05) is 18.2 Å². The van der Waals surface area contributed by atoms with E-state index < -0.39 is 5.60 Å². The molecule has 0 unspecified atom stereocenters. The standard InChI is InChI=1S/C16H20N2O2/c1-15(2,19)13-9-17-10-18(13)14-11-7-5-6-8-12(11)20-16(14,3)4/h5-10,14,19H,1-4H3/t14-/m0/s1. The van der Waals surface area contributed by atoms with Crippen LogP contribution in [0.3, 0.4) is 0 Å². The molecular formula is C16H20N2O2. The van der Waals surface area contributed by atoms with Gasteiger partial charge in [-0.05, 0) is 33.8 Å². The molecule has 4 heteroatoms. The van der Waals surface area contributed by atoms with Crippen LogP contribution in [0, 0.1) is 0 Å². The Hall–Kier alpha value is -1.81. The van der Waals surface area contributed by atoms with Crippen LogP contribution < -0.4 is 4.74 Å². The third-order valence-electron chi connectivity index (χ3n) is 3.82. The monoisotopic (exact) mass is 272 g/mol. The molecule has 0 aliphatic carbocycles. The molecule has 1 aliphatic rings. The summed E-state index contributed by atoms with van der Waals surface area (Å²) in [4.78, 5) is 4.22. The van der Waals surface area contributed by atoms with Crippen molar-refractivity contribution in [1.82, 2.24) is 9.55 Å². The van der Waals surface area contributed by atoms with Gasteiger partial charge in [-0.15, -0.1) is 0 Å². The van der Waals surface area contributed by atoms with E-state index in [1.54, 1.807) is 26.4 Å². The van der Waals surface area contributed by atoms with Crippen molar-refractivity contribution in [2.24, 2.45) is 0 Å². The lowest BCUT2D eigenvalue weighted by Crippen LogP contribution is -2.36. The fourth-order valence-corrected chi connectivity index (χ4v) is 2.98. The van der Waals surface area contributed by atoms with Crippen molar-refractivity contribution in [1.29, 1.82) is 0 Å². The summed E-state index contributed by atoms with van der Waals surface area (Å²) in [6.07, 6.45) is 3.49. The molecule has 3 rings (SSSR count). The number of ether oxygens (including phenoxy) is 1. The quantitative estimate of drug-likeness (QED) is 0.914. The number of nitrogens with zero attached hydrogens (tertiary/aromatic N) is 2. The van der Waals surface area contributed by atoms with E-state index in [4.69, 9.17) is 4.74 Å². The van der Waals surface area contributed by atoms with Gasteiger partial charge in [0, 0.05) is 5.56 Å². The minimum atomic E-state index is -0.940. The van der Waals surface area contributed by atoms with E-state index in [1.165, 1.54) is 0 Å². The Labute approximate surface area is 119 Å². The van der Waals surface area contributed by atoms with Crippen molar-refractivity contribution in [2.45, 2.75) is 44.9 Å². The minimum Gasteiger partial charge on any atom is -0.485 e. The fourth-order valence-electron chi connectivity index (χ4n) is 2.98. The first-order chi connectivity index (χ1) is 9.31. The van der Waals surface area contributed by atoms with Crippen LogP contribution in [0.15, 0.2) is 36.8 Å². The number of para-hydroxylation sites is 1. The molecular weight excluding hydrogens is 252 g/mol. The molecule has 1 atom stereocenters. The predicted molar refractivity (Wildman–Crippen MR) is 76.8 cm³/mol. The van der Waals surface area contributed by atoms with E-state index in [-0.39, 0.29) is 11.6 Å². The lowest BCUT2D eigenvalue weighted by molar-refractivity contribution is 0.0567. The molecule has 106 valence electrons. The smallest absolute Gasteiger partial charge is 0.128 e. The first kappa shape index (κ1) is 13.2. The number of hydrogen-bond acceptors (Lipinski definition) is 3. The second-order valence-corrected chi connectivity index (χ2v) is 6.39. The number of fused-ring (bicyclic) bond motifs is 1. The minimum absolute atomic E-state index is 0.00243. The zero-order valence-corrected chi connectivity index (χ0v) is 12.3. The number of aliphatic hydroxyl groups is 1. The van der Waals surface area contributed by atoms with Gasteiger partial charge in [0.2, 0.25) is 0 Å². The van der Waals surface area contributed by atoms with Gasteiger partial charge in [-0.2, -0.15) is 0 Å². The summed E-state index contributed by atoms with van der Waals surface area (Å²) in [5.74, 6) is 0.901. The lowest BCUT2D eigenvalue weighted by Gasteiger charge is -2.31. The largest absolute Gasteiger partial charge is 0.485 e. The second-order valence-electron chi connectivity index (χ2n) is 6.39. The molecule has 0 saturated heterocycles. The Balaban J connectivity index is 2.17. The van der Waals surface area contributed by atoms with Crippen molar-refractivity contribution in [3.63, 3.8) is 0 Å². The molecule has 2 heterocycles. The Kier molecular flexibility index (Phi) is 2.70. The molecule has 0 amide bonds. The van der Waals surface area contributed by atoms with Crippen molar-refractivity contribution in [3.05, 3.63) is 48.0 Å². The zero-order valence-electron chi connectivity index (χ0n) is 12.3. The average molecular weight is 272 g/mol. The van der Waals surface area contributed by atoms with Crippen LogP contribution >= 0.6 is 0 Å². The summed E-state index contributed by atoms with van der Waals surface area (Å²) in [5, 5.41) is 10.3. The Bertz CT molecular complexity index is 638. The summed E-state index contributed by atoms with van der Waals surface area (Å²) in [7, 11) is 0. The van der Waals surface area contributed by atoms with Gasteiger partial charge in [0.05, 0.1) is 18.2 Å². The molecule has 2 aromatic rings. The van der Waals surface area contributed by atoms with Crippen LogP contribution in [0.5, 0.6) is 5.75 Å². The van der Waals surface area contributed by atoms with Crippen LogP contribution in [0.1, 0.15) is 45.0 Å². The van der Waals surface area contributed by atoms with E-state index in [1.807, 2.05) is 22.8 Å². The molecule has 1 aliphatic heterocycles. The normalized spacial score (nSPS) is 20.6. The molecule has 1 N–H and O–H groups in total. The van der Waals surface area contributed by atoms with Crippen LogP contribution in [-0.2, 0) is 5.60 Å². The maximum Gasteiger partial charge on any atom is 0.128 e. The molecule has 0 fully saturated rings. The third-order valence-corrected chi connectivity index (χ3v) is 3.82. The SMILES string of the molecule is CC(C)(O)c1cncn1[C@H]1c2ccccc2OC1(C)C. The molecule has 1 aromatic carbocycles. The highest BCUT2D eigenvalue weighted by atomic mass is 16.5. The van der Waals surface area contributed by atoms with E-state index in [2.05, 4.69) is 24.9 Å². The topological polar surface area (TPSA) is 47.3 Å². The Morgan fingerprint density at radius 3 is 2.70 bits per heavy atom. The molecule has 4 nitrogen and oxygen atoms in total. The Morgan fingerprint density at radius 2 is 2.00 bits per heavy atom. The number of benzene rings is 1. The zero-order chi connectivity index (χ0) is 14.5. The summed E-state index contributed by atoms with van der Waals surface area (Å²) in [5.41, 5.74) is 0.589. The fraction of sp³-hybridized carbons (Fsp3) is 0.438. The summed E-state index contributed by atoms with van der Waals surface area (Å²) in [6.45, 7) is 7.67. The van der Waals surface area contributed by atoms with Crippen LogP contribution in [0.25, 0.3) is 0 Å². The van der Waals surface area contributed by atoms with Gasteiger partial charge in [0.1, 0.15) is 23.0 Å². The molecule has 0 radical (unpaired) electrons. The summed E-state index contributed by atoms with van der Waals surface area (Å²) < 4.78 is 8.09.